The van der Waals surface area contributed by atoms with Crippen LogP contribution in [0.25, 0.3) is 0 Å². The maximum atomic E-state index is 11.4. The molecular weight excluding hydrogens is 183 g/mol. The normalized spacial score (nSPS) is 20.9. The number of aliphatic hydroxyl groups excluding tert-OH is 1. The number of rotatable bonds is 0. The predicted octanol–water partition coefficient (Wildman–Crippen LogP) is 1.68. The maximum absolute atomic E-state index is 11.4. The topological polar surface area (TPSA) is 37.3 Å². The number of carbonyl (C=O) groups is 1. The van der Waals surface area contributed by atoms with E-state index in [0.717, 1.165) is 0 Å². The summed E-state index contributed by atoms with van der Waals surface area (Å²) in [4.78, 5) is 11.4. The van der Waals surface area contributed by atoms with E-state index in [9.17, 15) is 9.90 Å². The summed E-state index contributed by atoms with van der Waals surface area (Å²) in [6.45, 7) is 0. The number of hydrogen-bond donors (Lipinski definition) is 1. The molecule has 2 rings (SSSR count). The van der Waals surface area contributed by atoms with Crippen LogP contribution in [0.4, 0.5) is 0 Å². The van der Waals surface area contributed by atoms with Crippen LogP contribution in [0.3, 0.4) is 0 Å². The molecule has 0 heterocycles. The Labute approximate surface area is 78.5 Å². The summed E-state index contributed by atoms with van der Waals surface area (Å²) in [5.74, 6) is -0.0362. The Balaban J connectivity index is 2.62. The summed E-state index contributed by atoms with van der Waals surface area (Å²) in [7, 11) is 2.38. The molecule has 1 aromatic carbocycles. The zero-order valence-corrected chi connectivity index (χ0v) is 8.05. The van der Waals surface area contributed by atoms with Gasteiger partial charge in [-0.25, -0.2) is 0 Å². The Kier molecular flexibility index (Phi) is 2.03. The third kappa shape index (κ3) is 1.32. The minimum Gasteiger partial charge on any atom is -0.384 e. The van der Waals surface area contributed by atoms with Crippen LogP contribution in [0, 0.1) is 0 Å². The van der Waals surface area contributed by atoms with Gasteiger partial charge >= 0.3 is 0 Å². The molecule has 0 aliphatic heterocycles. The van der Waals surface area contributed by atoms with Crippen LogP contribution in [0.2, 0.25) is 0 Å². The Morgan fingerprint density at radius 3 is 2.77 bits per heavy atom. The van der Waals surface area contributed by atoms with E-state index in [-0.39, 0.29) is 5.78 Å². The molecule has 2 nitrogen and oxygen atoms in total. The van der Waals surface area contributed by atoms with E-state index >= 15 is 0 Å². The van der Waals surface area contributed by atoms with E-state index in [2.05, 4.69) is 9.24 Å². The van der Waals surface area contributed by atoms with Crippen LogP contribution >= 0.6 is 9.24 Å². The van der Waals surface area contributed by atoms with Crippen molar-refractivity contribution >= 4 is 15.0 Å². The molecule has 2 atom stereocenters. The highest BCUT2D eigenvalue weighted by Crippen LogP contribution is 2.33. The smallest absolute Gasteiger partial charge is 0.186 e. The van der Waals surface area contributed by atoms with Crippen LogP contribution in [0.5, 0.6) is 0 Å². The van der Waals surface area contributed by atoms with Gasteiger partial charge in [0, 0.05) is 5.56 Å². The number of benzene rings is 1. The van der Waals surface area contributed by atoms with Crippen LogP contribution < -0.4 is 0 Å². The summed E-state index contributed by atoms with van der Waals surface area (Å²) in [6, 6.07) is 7.12. The molecule has 0 amide bonds. The molecule has 0 spiro atoms. The highest BCUT2D eigenvalue weighted by Gasteiger charge is 2.22. The van der Waals surface area contributed by atoms with Crippen molar-refractivity contribution in [2.75, 3.05) is 0 Å². The van der Waals surface area contributed by atoms with Gasteiger partial charge in [0.1, 0.15) is 6.10 Å². The second kappa shape index (κ2) is 3.06. The van der Waals surface area contributed by atoms with Crippen molar-refractivity contribution in [2.24, 2.45) is 0 Å². The molecule has 0 saturated carbocycles. The molecular formula is C10H9O2P. The van der Waals surface area contributed by atoms with Gasteiger partial charge in [-0.15, -0.1) is 9.24 Å². The van der Waals surface area contributed by atoms with Crippen molar-refractivity contribution in [1.82, 2.24) is 0 Å². The lowest BCUT2D eigenvalue weighted by Gasteiger charge is -2.18. The van der Waals surface area contributed by atoms with Crippen LogP contribution in [-0.2, 0) is 0 Å². The van der Waals surface area contributed by atoms with Crippen molar-refractivity contribution in [2.45, 2.75) is 6.10 Å². The molecule has 66 valence electrons. The van der Waals surface area contributed by atoms with E-state index in [0.29, 0.717) is 16.4 Å². The highest BCUT2D eigenvalue weighted by molar-refractivity contribution is 7.22. The molecule has 0 saturated heterocycles. The monoisotopic (exact) mass is 192 g/mol. The SMILES string of the molecule is O=C1C=C(P)C(O)c2ccccc21. The second-order valence-corrected chi connectivity index (χ2v) is 3.67. The number of allylic oxidation sites excluding steroid dienone is 1. The van der Waals surface area contributed by atoms with Crippen molar-refractivity contribution in [3.05, 3.63) is 46.8 Å². The first kappa shape index (κ1) is 8.61. The fraction of sp³-hybridized carbons (Fsp3) is 0.100. The molecule has 13 heavy (non-hydrogen) atoms. The average Bonchev–Trinajstić information content (AvgIpc) is 2.15. The molecule has 1 aromatic rings. The van der Waals surface area contributed by atoms with E-state index in [1.54, 1.807) is 18.2 Å². The first-order valence-corrected chi connectivity index (χ1v) is 4.56. The Morgan fingerprint density at radius 1 is 1.31 bits per heavy atom. The third-order valence-electron chi connectivity index (χ3n) is 2.13. The third-order valence-corrected chi connectivity index (χ3v) is 2.62. The Hall–Kier alpha value is -0.980. The maximum Gasteiger partial charge on any atom is 0.186 e. The van der Waals surface area contributed by atoms with Crippen molar-refractivity contribution < 1.29 is 9.90 Å². The van der Waals surface area contributed by atoms with Crippen LogP contribution in [-0.4, -0.2) is 10.9 Å². The number of carbonyl (C=O) groups excluding carboxylic acids is 1. The minimum atomic E-state index is -0.654. The summed E-state index contributed by atoms with van der Waals surface area (Å²) < 4.78 is 0. The largest absolute Gasteiger partial charge is 0.384 e. The first-order valence-electron chi connectivity index (χ1n) is 3.98. The molecule has 1 aliphatic rings. The zero-order chi connectivity index (χ0) is 9.42. The van der Waals surface area contributed by atoms with E-state index in [4.69, 9.17) is 0 Å². The molecule has 1 aliphatic carbocycles. The molecule has 3 heteroatoms. The number of ketones is 1. The molecule has 0 radical (unpaired) electrons. The Morgan fingerprint density at radius 2 is 2.00 bits per heavy atom. The lowest BCUT2D eigenvalue weighted by Crippen LogP contribution is -2.12. The number of fused-ring (bicyclic) bond motifs is 1. The van der Waals surface area contributed by atoms with E-state index in [1.807, 2.05) is 6.07 Å². The van der Waals surface area contributed by atoms with Gasteiger partial charge in [-0.05, 0) is 17.0 Å². The molecule has 2 unspecified atom stereocenters. The highest BCUT2D eigenvalue weighted by atomic mass is 31.0. The molecule has 0 aromatic heterocycles. The van der Waals surface area contributed by atoms with E-state index in [1.165, 1.54) is 6.08 Å². The van der Waals surface area contributed by atoms with E-state index < -0.39 is 6.10 Å². The molecule has 0 fully saturated rings. The van der Waals surface area contributed by atoms with Crippen molar-refractivity contribution in [3.8, 4) is 0 Å². The van der Waals surface area contributed by atoms with Gasteiger partial charge in [0.2, 0.25) is 0 Å². The lowest BCUT2D eigenvalue weighted by molar-refractivity contribution is 0.103. The van der Waals surface area contributed by atoms with Gasteiger partial charge in [0.15, 0.2) is 5.78 Å². The van der Waals surface area contributed by atoms with Crippen LogP contribution in [0.1, 0.15) is 22.0 Å². The minimum absolute atomic E-state index is 0.0362. The van der Waals surface area contributed by atoms with Crippen molar-refractivity contribution in [1.29, 1.82) is 0 Å². The lowest BCUT2D eigenvalue weighted by atomic mass is 9.94. The van der Waals surface area contributed by atoms with Gasteiger partial charge in [-0.1, -0.05) is 24.3 Å². The fourth-order valence-corrected chi connectivity index (χ4v) is 1.78. The Bertz CT molecular complexity index is 396. The van der Waals surface area contributed by atoms with Gasteiger partial charge in [0.25, 0.3) is 0 Å². The second-order valence-electron chi connectivity index (χ2n) is 3.00. The summed E-state index contributed by atoms with van der Waals surface area (Å²) >= 11 is 0. The van der Waals surface area contributed by atoms with Crippen molar-refractivity contribution in [3.63, 3.8) is 0 Å². The molecule has 1 N–H and O–H groups in total. The summed E-state index contributed by atoms with van der Waals surface area (Å²) in [5.41, 5.74) is 1.29. The quantitative estimate of drug-likeness (QED) is 0.635. The average molecular weight is 192 g/mol. The zero-order valence-electron chi connectivity index (χ0n) is 6.90. The van der Waals surface area contributed by atoms with Gasteiger partial charge < -0.3 is 5.11 Å². The summed E-state index contributed by atoms with van der Waals surface area (Å²) in [5, 5.41) is 10.3. The predicted molar refractivity (Wildman–Crippen MR) is 53.5 cm³/mol. The number of aliphatic hydroxyl groups is 1. The van der Waals surface area contributed by atoms with Gasteiger partial charge in [-0.3, -0.25) is 4.79 Å². The van der Waals surface area contributed by atoms with Gasteiger partial charge in [0.05, 0.1) is 0 Å². The van der Waals surface area contributed by atoms with Crippen LogP contribution in [0.15, 0.2) is 35.7 Å². The standard InChI is InChI=1S/C10H9O2P/c11-8-5-9(13)10(12)7-4-2-1-3-6(7)8/h1-5,10,12H,13H2. The summed E-state index contributed by atoms with van der Waals surface area (Å²) in [6.07, 6.45) is 0.802. The van der Waals surface area contributed by atoms with Gasteiger partial charge in [-0.2, -0.15) is 0 Å². The number of hydrogen-bond acceptors (Lipinski definition) is 2. The fourth-order valence-electron chi connectivity index (χ4n) is 1.45. The molecule has 0 bridgehead atoms. The first-order chi connectivity index (χ1) is 6.20.